The summed E-state index contributed by atoms with van der Waals surface area (Å²) in [6, 6.07) is 7.97. The maximum absolute atomic E-state index is 12.2. The molecule has 112 valence electrons. The Balaban J connectivity index is 1.57. The summed E-state index contributed by atoms with van der Waals surface area (Å²) in [5, 5.41) is 4.05. The van der Waals surface area contributed by atoms with Crippen molar-refractivity contribution in [2.75, 3.05) is 39.4 Å². The molecule has 21 heavy (non-hydrogen) atoms. The first-order valence-electron chi connectivity index (χ1n) is 7.41. The molecule has 0 saturated carbocycles. The molecular weight excluding hydrogens is 266 g/mol. The molecule has 2 heterocycles. The molecular formula is C16H21N3O2. The Morgan fingerprint density at radius 3 is 2.95 bits per heavy atom. The quantitative estimate of drug-likeness (QED) is 0.897. The maximum atomic E-state index is 12.2. The number of aryl methyl sites for hydroxylation is 1. The van der Waals surface area contributed by atoms with Crippen LogP contribution in [-0.4, -0.2) is 55.2 Å². The van der Waals surface area contributed by atoms with E-state index in [-0.39, 0.29) is 5.91 Å². The second kappa shape index (κ2) is 6.28. The number of fused-ring (bicyclic) bond motifs is 1. The van der Waals surface area contributed by atoms with E-state index in [9.17, 15) is 4.79 Å². The maximum Gasteiger partial charge on any atom is 0.267 e. The summed E-state index contributed by atoms with van der Waals surface area (Å²) in [6.07, 6.45) is 0. The Bertz CT molecular complexity index is 629. The Morgan fingerprint density at radius 1 is 1.38 bits per heavy atom. The van der Waals surface area contributed by atoms with Gasteiger partial charge in [0, 0.05) is 37.1 Å². The van der Waals surface area contributed by atoms with E-state index in [0.29, 0.717) is 12.2 Å². The molecule has 0 aliphatic carbocycles. The van der Waals surface area contributed by atoms with Crippen molar-refractivity contribution in [3.05, 3.63) is 35.5 Å². The zero-order valence-corrected chi connectivity index (χ0v) is 12.3. The Hall–Kier alpha value is -1.85. The number of carbonyl (C=O) groups excluding carboxylic acids is 1. The Kier molecular flexibility index (Phi) is 4.22. The summed E-state index contributed by atoms with van der Waals surface area (Å²) >= 11 is 0. The highest BCUT2D eigenvalue weighted by molar-refractivity contribution is 5.98. The van der Waals surface area contributed by atoms with E-state index in [1.54, 1.807) is 0 Å². The largest absolute Gasteiger partial charge is 0.379 e. The van der Waals surface area contributed by atoms with Crippen LogP contribution in [-0.2, 0) is 4.74 Å². The van der Waals surface area contributed by atoms with Crippen molar-refractivity contribution in [3.63, 3.8) is 0 Å². The fourth-order valence-electron chi connectivity index (χ4n) is 2.68. The summed E-state index contributed by atoms with van der Waals surface area (Å²) in [5.74, 6) is -0.0427. The lowest BCUT2D eigenvalue weighted by Gasteiger charge is -2.26. The minimum absolute atomic E-state index is 0.0427. The molecule has 5 nitrogen and oxygen atoms in total. The topological polar surface area (TPSA) is 57.4 Å². The number of morpholine rings is 1. The number of hydrogen-bond donors (Lipinski definition) is 2. The van der Waals surface area contributed by atoms with Gasteiger partial charge in [0.05, 0.1) is 13.2 Å². The minimum atomic E-state index is -0.0427. The van der Waals surface area contributed by atoms with E-state index in [2.05, 4.69) is 15.2 Å². The molecule has 0 spiro atoms. The third-order valence-electron chi connectivity index (χ3n) is 3.93. The van der Waals surface area contributed by atoms with E-state index in [1.807, 2.05) is 31.2 Å². The molecule has 1 fully saturated rings. The first-order chi connectivity index (χ1) is 10.2. The molecule has 3 rings (SSSR count). The van der Waals surface area contributed by atoms with Crippen LogP contribution in [0.1, 0.15) is 16.1 Å². The molecule has 2 N–H and O–H groups in total. The van der Waals surface area contributed by atoms with Crippen LogP contribution in [0.25, 0.3) is 10.9 Å². The normalized spacial score (nSPS) is 16.2. The lowest BCUT2D eigenvalue weighted by Crippen LogP contribution is -2.41. The fraction of sp³-hybridized carbons (Fsp3) is 0.438. The number of rotatable bonds is 4. The molecule has 2 aromatic rings. The monoisotopic (exact) mass is 287 g/mol. The standard InChI is InChI=1S/C16H21N3O2/c1-12-3-2-4-13-11-14(18-15(12)13)16(20)17-5-6-19-7-9-21-10-8-19/h2-4,11,18H,5-10H2,1H3,(H,17,20). The molecule has 0 atom stereocenters. The number of ether oxygens (including phenoxy) is 1. The summed E-state index contributed by atoms with van der Waals surface area (Å²) in [6.45, 7) is 7.04. The Labute approximate surface area is 124 Å². The zero-order valence-electron chi connectivity index (χ0n) is 12.3. The predicted molar refractivity (Wildman–Crippen MR) is 82.6 cm³/mol. The number of nitrogens with one attached hydrogen (secondary N) is 2. The lowest BCUT2D eigenvalue weighted by molar-refractivity contribution is 0.0383. The van der Waals surface area contributed by atoms with Gasteiger partial charge >= 0.3 is 0 Å². The molecule has 5 heteroatoms. The molecule has 1 aromatic heterocycles. The van der Waals surface area contributed by atoms with Gasteiger partial charge in [-0.3, -0.25) is 9.69 Å². The van der Waals surface area contributed by atoms with Gasteiger partial charge in [0.1, 0.15) is 5.69 Å². The van der Waals surface area contributed by atoms with Gasteiger partial charge in [-0.2, -0.15) is 0 Å². The van der Waals surface area contributed by atoms with Crippen LogP contribution >= 0.6 is 0 Å². The van der Waals surface area contributed by atoms with Gasteiger partial charge in [0.25, 0.3) is 5.91 Å². The number of para-hydroxylation sites is 1. The SMILES string of the molecule is Cc1cccc2cc(C(=O)NCCN3CCOCC3)[nH]c12. The highest BCUT2D eigenvalue weighted by Gasteiger charge is 2.12. The van der Waals surface area contributed by atoms with Gasteiger partial charge in [0.2, 0.25) is 0 Å². The number of H-pyrrole nitrogens is 1. The van der Waals surface area contributed by atoms with Crippen LogP contribution in [0.3, 0.4) is 0 Å². The minimum Gasteiger partial charge on any atom is -0.379 e. The Morgan fingerprint density at radius 2 is 2.19 bits per heavy atom. The van der Waals surface area contributed by atoms with Crippen LogP contribution in [0.5, 0.6) is 0 Å². The molecule has 0 radical (unpaired) electrons. The van der Waals surface area contributed by atoms with E-state index < -0.39 is 0 Å². The number of nitrogens with zero attached hydrogens (tertiary/aromatic N) is 1. The van der Waals surface area contributed by atoms with Crippen LogP contribution in [0, 0.1) is 6.92 Å². The van der Waals surface area contributed by atoms with Crippen LogP contribution in [0.4, 0.5) is 0 Å². The van der Waals surface area contributed by atoms with E-state index in [1.165, 1.54) is 0 Å². The van der Waals surface area contributed by atoms with Crippen molar-refractivity contribution < 1.29 is 9.53 Å². The first kappa shape index (κ1) is 14.1. The number of benzene rings is 1. The number of aromatic amines is 1. The van der Waals surface area contributed by atoms with E-state index >= 15 is 0 Å². The van der Waals surface area contributed by atoms with Gasteiger partial charge in [-0.15, -0.1) is 0 Å². The van der Waals surface area contributed by atoms with Crippen molar-refractivity contribution in [3.8, 4) is 0 Å². The van der Waals surface area contributed by atoms with Gasteiger partial charge < -0.3 is 15.0 Å². The number of carbonyl (C=O) groups is 1. The van der Waals surface area contributed by atoms with Gasteiger partial charge in [0.15, 0.2) is 0 Å². The van der Waals surface area contributed by atoms with E-state index in [4.69, 9.17) is 4.74 Å². The summed E-state index contributed by atoms with van der Waals surface area (Å²) < 4.78 is 5.31. The van der Waals surface area contributed by atoms with Gasteiger partial charge in [-0.1, -0.05) is 18.2 Å². The van der Waals surface area contributed by atoms with Crippen molar-refractivity contribution >= 4 is 16.8 Å². The van der Waals surface area contributed by atoms with Crippen LogP contribution in [0.15, 0.2) is 24.3 Å². The molecule has 1 aliphatic rings. The summed E-state index contributed by atoms with van der Waals surface area (Å²) in [5.41, 5.74) is 2.82. The third-order valence-corrected chi connectivity index (χ3v) is 3.93. The fourth-order valence-corrected chi connectivity index (χ4v) is 2.68. The van der Waals surface area contributed by atoms with Crippen LogP contribution < -0.4 is 5.32 Å². The highest BCUT2D eigenvalue weighted by atomic mass is 16.5. The average Bonchev–Trinajstić information content (AvgIpc) is 2.94. The van der Waals surface area contributed by atoms with Crippen molar-refractivity contribution in [1.29, 1.82) is 0 Å². The molecule has 1 aliphatic heterocycles. The van der Waals surface area contributed by atoms with Gasteiger partial charge in [-0.05, 0) is 18.6 Å². The lowest BCUT2D eigenvalue weighted by atomic mass is 10.2. The number of hydrogen-bond acceptors (Lipinski definition) is 3. The highest BCUT2D eigenvalue weighted by Crippen LogP contribution is 2.18. The third kappa shape index (κ3) is 3.25. The number of amides is 1. The molecule has 1 amide bonds. The van der Waals surface area contributed by atoms with E-state index in [0.717, 1.165) is 49.3 Å². The molecule has 1 saturated heterocycles. The second-order valence-electron chi connectivity index (χ2n) is 5.43. The van der Waals surface area contributed by atoms with Crippen molar-refractivity contribution in [2.24, 2.45) is 0 Å². The predicted octanol–water partition coefficient (Wildman–Crippen LogP) is 1.54. The molecule has 0 bridgehead atoms. The van der Waals surface area contributed by atoms with Crippen LogP contribution in [0.2, 0.25) is 0 Å². The average molecular weight is 287 g/mol. The van der Waals surface area contributed by atoms with Crippen molar-refractivity contribution in [1.82, 2.24) is 15.2 Å². The molecule has 0 unspecified atom stereocenters. The number of aromatic nitrogens is 1. The summed E-state index contributed by atoms with van der Waals surface area (Å²) in [4.78, 5) is 17.7. The van der Waals surface area contributed by atoms with Gasteiger partial charge in [-0.25, -0.2) is 0 Å². The first-order valence-corrected chi connectivity index (χ1v) is 7.41. The summed E-state index contributed by atoms with van der Waals surface area (Å²) in [7, 11) is 0. The van der Waals surface area contributed by atoms with Crippen molar-refractivity contribution in [2.45, 2.75) is 6.92 Å². The second-order valence-corrected chi connectivity index (χ2v) is 5.43. The smallest absolute Gasteiger partial charge is 0.267 e. The molecule has 1 aromatic carbocycles. The zero-order chi connectivity index (χ0) is 14.7.